The van der Waals surface area contributed by atoms with Crippen LogP contribution in [0.1, 0.15) is 9.88 Å². The van der Waals surface area contributed by atoms with Crippen molar-refractivity contribution in [1.82, 2.24) is 19.7 Å². The Hall–Kier alpha value is -1.21. The zero-order chi connectivity index (χ0) is 10.1. The standard InChI is InChI=1S/C7H8N4OS2/c1-4-2-8-5(14-4)3-11-6(12)9-10-7(11)13/h2H,3H2,1H3,(H,9,12)(H,10,13). The fourth-order valence-electron chi connectivity index (χ4n) is 1.09. The molecule has 2 aromatic heterocycles. The third-order valence-electron chi connectivity index (χ3n) is 1.73. The summed E-state index contributed by atoms with van der Waals surface area (Å²) in [4.78, 5) is 16.5. The number of aromatic amines is 2. The van der Waals surface area contributed by atoms with Gasteiger partial charge in [0.25, 0.3) is 0 Å². The SMILES string of the molecule is Cc1cnc(Cn2c(=O)[nH][nH]c2=S)s1. The molecule has 0 unspecified atom stereocenters. The lowest BCUT2D eigenvalue weighted by Gasteiger charge is -1.94. The number of nitrogens with zero attached hydrogens (tertiary/aromatic N) is 2. The van der Waals surface area contributed by atoms with Crippen LogP contribution in [-0.2, 0) is 6.54 Å². The number of hydrogen-bond donors (Lipinski definition) is 2. The Morgan fingerprint density at radius 1 is 1.64 bits per heavy atom. The molecule has 0 aliphatic heterocycles. The normalized spacial score (nSPS) is 10.6. The van der Waals surface area contributed by atoms with Crippen molar-refractivity contribution in [3.8, 4) is 0 Å². The molecule has 2 aromatic rings. The molecule has 2 N–H and O–H groups in total. The third kappa shape index (κ3) is 1.68. The fourth-order valence-corrected chi connectivity index (χ4v) is 2.06. The molecule has 0 radical (unpaired) electrons. The molecule has 0 amide bonds. The minimum absolute atomic E-state index is 0.233. The molecular formula is C7H8N4OS2. The smallest absolute Gasteiger partial charge is 0.272 e. The lowest BCUT2D eigenvalue weighted by atomic mass is 10.6. The summed E-state index contributed by atoms with van der Waals surface area (Å²) in [5.74, 6) is 0. The van der Waals surface area contributed by atoms with Gasteiger partial charge in [0, 0.05) is 11.1 Å². The molecule has 74 valence electrons. The first-order valence-electron chi connectivity index (χ1n) is 3.95. The zero-order valence-corrected chi connectivity index (χ0v) is 9.04. The minimum Gasteiger partial charge on any atom is -0.272 e. The van der Waals surface area contributed by atoms with E-state index in [0.29, 0.717) is 11.3 Å². The Balaban J connectivity index is 2.36. The highest BCUT2D eigenvalue weighted by Crippen LogP contribution is 2.11. The maximum atomic E-state index is 11.2. The maximum Gasteiger partial charge on any atom is 0.342 e. The van der Waals surface area contributed by atoms with Gasteiger partial charge < -0.3 is 0 Å². The van der Waals surface area contributed by atoms with Crippen molar-refractivity contribution in [3.63, 3.8) is 0 Å². The molecule has 0 aromatic carbocycles. The van der Waals surface area contributed by atoms with Crippen LogP contribution in [0.15, 0.2) is 11.0 Å². The molecule has 2 rings (SSSR count). The van der Waals surface area contributed by atoms with Gasteiger partial charge in [-0.2, -0.15) is 0 Å². The second-order valence-electron chi connectivity index (χ2n) is 2.81. The predicted octanol–water partition coefficient (Wildman–Crippen LogP) is 1.05. The van der Waals surface area contributed by atoms with Gasteiger partial charge in [0.05, 0.1) is 6.54 Å². The van der Waals surface area contributed by atoms with Crippen LogP contribution in [0.5, 0.6) is 0 Å². The van der Waals surface area contributed by atoms with E-state index in [-0.39, 0.29) is 5.69 Å². The van der Waals surface area contributed by atoms with Gasteiger partial charge in [-0.15, -0.1) is 11.3 Å². The zero-order valence-electron chi connectivity index (χ0n) is 7.40. The molecule has 0 bridgehead atoms. The van der Waals surface area contributed by atoms with Crippen LogP contribution in [-0.4, -0.2) is 19.7 Å². The van der Waals surface area contributed by atoms with E-state index >= 15 is 0 Å². The van der Waals surface area contributed by atoms with Gasteiger partial charge in [0.1, 0.15) is 5.01 Å². The number of H-pyrrole nitrogens is 2. The van der Waals surface area contributed by atoms with Crippen molar-refractivity contribution < 1.29 is 0 Å². The number of aryl methyl sites for hydroxylation is 1. The van der Waals surface area contributed by atoms with E-state index in [1.165, 1.54) is 4.57 Å². The summed E-state index contributed by atoms with van der Waals surface area (Å²) in [6, 6.07) is 0. The molecule has 0 spiro atoms. The molecule has 0 aliphatic carbocycles. The van der Waals surface area contributed by atoms with E-state index in [1.54, 1.807) is 17.5 Å². The molecule has 7 heteroatoms. The summed E-state index contributed by atoms with van der Waals surface area (Å²) in [5, 5.41) is 5.88. The van der Waals surface area contributed by atoms with Crippen LogP contribution in [0.25, 0.3) is 0 Å². The summed E-state index contributed by atoms with van der Waals surface area (Å²) in [6.45, 7) is 2.40. The first-order valence-corrected chi connectivity index (χ1v) is 5.18. The van der Waals surface area contributed by atoms with Crippen LogP contribution >= 0.6 is 23.6 Å². The molecule has 0 aliphatic rings. The summed E-state index contributed by atoms with van der Waals surface area (Å²) in [7, 11) is 0. The Kier molecular flexibility index (Phi) is 2.34. The maximum absolute atomic E-state index is 11.2. The first-order chi connectivity index (χ1) is 6.66. The van der Waals surface area contributed by atoms with Crippen molar-refractivity contribution in [2.45, 2.75) is 13.5 Å². The molecular weight excluding hydrogens is 220 g/mol. The van der Waals surface area contributed by atoms with E-state index in [4.69, 9.17) is 12.2 Å². The van der Waals surface area contributed by atoms with Crippen molar-refractivity contribution in [2.75, 3.05) is 0 Å². The summed E-state index contributed by atoms with van der Waals surface area (Å²) in [5.41, 5.74) is -0.233. The molecule has 5 nitrogen and oxygen atoms in total. The Morgan fingerprint density at radius 2 is 2.43 bits per heavy atom. The van der Waals surface area contributed by atoms with Gasteiger partial charge in [-0.3, -0.25) is 9.67 Å². The number of thiazole rings is 1. The largest absolute Gasteiger partial charge is 0.342 e. The lowest BCUT2D eigenvalue weighted by Crippen LogP contribution is -2.17. The lowest BCUT2D eigenvalue weighted by molar-refractivity contribution is 0.746. The van der Waals surface area contributed by atoms with Gasteiger partial charge in [-0.05, 0) is 19.1 Å². The van der Waals surface area contributed by atoms with Gasteiger partial charge in [-0.25, -0.2) is 14.9 Å². The van der Waals surface area contributed by atoms with Crippen molar-refractivity contribution >= 4 is 23.6 Å². The van der Waals surface area contributed by atoms with Crippen LogP contribution in [0.2, 0.25) is 0 Å². The molecule has 0 saturated heterocycles. The number of rotatable bonds is 2. The summed E-state index contributed by atoms with van der Waals surface area (Å²) in [6.07, 6.45) is 1.78. The van der Waals surface area contributed by atoms with Crippen molar-refractivity contribution in [1.29, 1.82) is 0 Å². The van der Waals surface area contributed by atoms with Gasteiger partial charge in [-0.1, -0.05) is 0 Å². The predicted molar refractivity (Wildman–Crippen MR) is 56.2 cm³/mol. The molecule has 0 saturated carbocycles. The highest BCUT2D eigenvalue weighted by atomic mass is 32.1. The highest BCUT2D eigenvalue weighted by Gasteiger charge is 2.04. The Morgan fingerprint density at radius 3 is 2.93 bits per heavy atom. The Labute approximate surface area is 88.4 Å². The first kappa shape index (κ1) is 9.35. The van der Waals surface area contributed by atoms with Crippen LogP contribution < -0.4 is 5.69 Å². The van der Waals surface area contributed by atoms with E-state index in [0.717, 1.165) is 9.88 Å². The average Bonchev–Trinajstić information content (AvgIpc) is 2.67. The molecule has 0 atom stereocenters. The number of hydrogen-bond acceptors (Lipinski definition) is 4. The van der Waals surface area contributed by atoms with Crippen molar-refractivity contribution in [3.05, 3.63) is 31.3 Å². The summed E-state index contributed by atoms with van der Waals surface area (Å²) >= 11 is 6.49. The van der Waals surface area contributed by atoms with Crippen LogP contribution in [0.3, 0.4) is 0 Å². The number of aromatic nitrogens is 4. The monoisotopic (exact) mass is 228 g/mol. The minimum atomic E-state index is -0.233. The second-order valence-corrected chi connectivity index (χ2v) is 4.52. The van der Waals surface area contributed by atoms with Gasteiger partial charge in [0.2, 0.25) is 0 Å². The molecule has 2 heterocycles. The van der Waals surface area contributed by atoms with Crippen LogP contribution in [0.4, 0.5) is 0 Å². The second kappa shape index (κ2) is 3.50. The van der Waals surface area contributed by atoms with Crippen LogP contribution in [0, 0.1) is 11.7 Å². The topological polar surface area (TPSA) is 66.5 Å². The highest BCUT2D eigenvalue weighted by molar-refractivity contribution is 7.71. The summed E-state index contributed by atoms with van der Waals surface area (Å²) < 4.78 is 1.83. The third-order valence-corrected chi connectivity index (χ3v) is 2.95. The van der Waals surface area contributed by atoms with Gasteiger partial charge >= 0.3 is 5.69 Å². The fraction of sp³-hybridized carbons (Fsp3) is 0.286. The van der Waals surface area contributed by atoms with E-state index in [2.05, 4.69) is 15.2 Å². The number of nitrogens with one attached hydrogen (secondary N) is 2. The Bertz CT molecular complexity index is 519. The quantitative estimate of drug-likeness (QED) is 0.755. The van der Waals surface area contributed by atoms with E-state index in [9.17, 15) is 4.79 Å². The average molecular weight is 228 g/mol. The van der Waals surface area contributed by atoms with Crippen molar-refractivity contribution in [2.24, 2.45) is 0 Å². The van der Waals surface area contributed by atoms with E-state index in [1.807, 2.05) is 6.92 Å². The van der Waals surface area contributed by atoms with Gasteiger partial charge in [0.15, 0.2) is 4.77 Å². The molecule has 0 fully saturated rings. The van der Waals surface area contributed by atoms with E-state index < -0.39 is 0 Å². The molecule has 14 heavy (non-hydrogen) atoms.